The van der Waals surface area contributed by atoms with Gasteiger partial charge in [-0.3, -0.25) is 0 Å². The van der Waals surface area contributed by atoms with Crippen LogP contribution in [0.5, 0.6) is 0 Å². The van der Waals surface area contributed by atoms with Gasteiger partial charge in [-0.05, 0) is 11.6 Å². The van der Waals surface area contributed by atoms with Gasteiger partial charge in [0.05, 0.1) is 18.8 Å². The van der Waals surface area contributed by atoms with E-state index in [0.717, 1.165) is 25.7 Å². The lowest BCUT2D eigenvalue weighted by molar-refractivity contribution is -0.141. The van der Waals surface area contributed by atoms with Crippen LogP contribution in [-0.4, -0.2) is 62.6 Å². The fourth-order valence-electron chi connectivity index (χ4n) is 2.70. The topological polar surface area (TPSA) is 63.0 Å². The van der Waals surface area contributed by atoms with Crippen molar-refractivity contribution in [3.63, 3.8) is 0 Å². The number of halogens is 6. The molecule has 2 aromatic rings. The second-order valence-electron chi connectivity index (χ2n) is 5.77. The first-order valence-corrected chi connectivity index (χ1v) is 8.73. The molecule has 0 unspecified atom stereocenters. The van der Waals surface area contributed by atoms with Crippen LogP contribution < -0.4 is 0 Å². The van der Waals surface area contributed by atoms with E-state index >= 15 is 0 Å². The fourth-order valence-corrected chi connectivity index (χ4v) is 3.73. The van der Waals surface area contributed by atoms with Crippen LogP contribution in [0.1, 0.15) is 16.4 Å². The molecular weight excluding hydrogens is 421 g/mol. The van der Waals surface area contributed by atoms with E-state index in [4.69, 9.17) is 16.3 Å². The monoisotopic (exact) mass is 433 g/mol. The lowest BCUT2D eigenvalue weighted by Gasteiger charge is -2.20. The van der Waals surface area contributed by atoms with Gasteiger partial charge in [0, 0.05) is 20.2 Å². The number of rotatable bonds is 6. The number of carbonyl (C=O) groups excluding carboxylic acids is 1. The number of amides is 2. The number of aromatic nitrogens is 3. The van der Waals surface area contributed by atoms with Gasteiger partial charge in [-0.1, -0.05) is 11.3 Å². The molecule has 0 spiro atoms. The Morgan fingerprint density at radius 2 is 1.89 bits per heavy atom. The van der Waals surface area contributed by atoms with Gasteiger partial charge in [0.2, 0.25) is 4.96 Å². The number of hydrogen-bond donors (Lipinski definition) is 0. The number of fused-ring (bicyclic) bond motifs is 1. The molecule has 2 aromatic heterocycles. The van der Waals surface area contributed by atoms with Crippen LogP contribution in [0, 0.1) is 0 Å². The van der Waals surface area contributed by atoms with Crippen molar-refractivity contribution in [1.82, 2.24) is 24.4 Å². The van der Waals surface area contributed by atoms with Crippen molar-refractivity contribution >= 4 is 33.9 Å². The van der Waals surface area contributed by atoms with Gasteiger partial charge in [-0.2, -0.15) is 27.1 Å². The smallest absolute Gasteiger partial charge is 0.377 e. The molecule has 1 fully saturated rings. The molecule has 2 amide bonds. The molecule has 1 aliphatic heterocycles. The van der Waals surface area contributed by atoms with Crippen LogP contribution in [0.2, 0.25) is 0 Å². The number of hydrogen-bond acceptors (Lipinski definition) is 5. The third-order valence-corrected chi connectivity index (χ3v) is 4.77. The van der Waals surface area contributed by atoms with Gasteiger partial charge in [0.1, 0.15) is 11.6 Å². The van der Waals surface area contributed by atoms with Crippen LogP contribution in [0.3, 0.4) is 0 Å². The molecule has 27 heavy (non-hydrogen) atoms. The summed E-state index contributed by atoms with van der Waals surface area (Å²) in [5.74, 6) is 0. The molecule has 1 aliphatic rings. The first-order chi connectivity index (χ1) is 12.5. The Balaban J connectivity index is 1.90. The zero-order valence-corrected chi connectivity index (χ0v) is 15.3. The lowest BCUT2D eigenvalue weighted by atomic mass is 10.3. The van der Waals surface area contributed by atoms with Crippen molar-refractivity contribution in [2.45, 2.75) is 24.7 Å². The molecule has 150 valence electrons. The maximum atomic E-state index is 13.3. The van der Waals surface area contributed by atoms with Gasteiger partial charge in [0.15, 0.2) is 5.69 Å². The SMILES string of the molecule is COCc1nn2c(CN3CCN(CC(F)(F)Cl)C3=O)c(C(F)(F)F)nc2s1. The molecular formula is C13H13ClF5N5O2S. The number of urea groups is 1. The van der Waals surface area contributed by atoms with E-state index in [0.29, 0.717) is 5.01 Å². The molecule has 1 saturated heterocycles. The number of imidazole rings is 1. The highest BCUT2D eigenvalue weighted by molar-refractivity contribution is 7.16. The Kier molecular flexibility index (Phi) is 5.20. The van der Waals surface area contributed by atoms with E-state index in [-0.39, 0.29) is 30.4 Å². The van der Waals surface area contributed by atoms with Gasteiger partial charge in [-0.15, -0.1) is 0 Å². The summed E-state index contributed by atoms with van der Waals surface area (Å²) in [5.41, 5.74) is -1.51. The molecule has 14 heteroatoms. The Morgan fingerprint density at radius 1 is 1.22 bits per heavy atom. The summed E-state index contributed by atoms with van der Waals surface area (Å²) in [5, 5.41) is 0.831. The highest BCUT2D eigenvalue weighted by Crippen LogP contribution is 2.34. The average Bonchev–Trinajstić information content (AvgIpc) is 3.15. The van der Waals surface area contributed by atoms with Gasteiger partial charge in [0.25, 0.3) is 0 Å². The molecule has 0 aliphatic carbocycles. The molecule has 0 radical (unpaired) electrons. The summed E-state index contributed by atoms with van der Waals surface area (Å²) in [6, 6.07) is -0.828. The quantitative estimate of drug-likeness (QED) is 0.519. The van der Waals surface area contributed by atoms with Crippen molar-refractivity contribution in [2.75, 3.05) is 26.7 Å². The third-order valence-electron chi connectivity index (χ3n) is 3.77. The summed E-state index contributed by atoms with van der Waals surface area (Å²) in [4.78, 5) is 17.6. The normalized spacial score (nSPS) is 16.2. The Bertz CT molecular complexity index is 849. The third kappa shape index (κ3) is 4.24. The number of carbonyl (C=O) groups is 1. The molecule has 0 aromatic carbocycles. The highest BCUT2D eigenvalue weighted by Gasteiger charge is 2.41. The van der Waals surface area contributed by atoms with Crippen LogP contribution in [0.15, 0.2) is 0 Å². The predicted molar refractivity (Wildman–Crippen MR) is 84.8 cm³/mol. The van der Waals surface area contributed by atoms with Gasteiger partial charge in [-0.25, -0.2) is 14.3 Å². The second-order valence-corrected chi connectivity index (χ2v) is 7.36. The Labute approximate surface area is 158 Å². The van der Waals surface area contributed by atoms with Crippen molar-refractivity contribution in [1.29, 1.82) is 0 Å². The molecule has 0 saturated carbocycles. The molecule has 0 N–H and O–H groups in total. The average molecular weight is 434 g/mol. The second kappa shape index (κ2) is 7.02. The standard InChI is InChI=1S/C13H13ClF5N5O2S/c1-26-5-8-21-24-7(9(13(17,18)19)20-10(24)27-8)4-22-2-3-23(11(22)25)6-12(14,15)16/h2-6H2,1H3. The first kappa shape index (κ1) is 20.0. The number of methoxy groups -OCH3 is 1. The molecule has 3 rings (SSSR count). The number of alkyl halides is 6. The first-order valence-electron chi connectivity index (χ1n) is 7.53. The van der Waals surface area contributed by atoms with E-state index in [1.165, 1.54) is 7.11 Å². The van der Waals surface area contributed by atoms with Crippen LogP contribution in [0.25, 0.3) is 4.96 Å². The summed E-state index contributed by atoms with van der Waals surface area (Å²) in [7, 11) is 1.41. The zero-order chi connectivity index (χ0) is 20.0. The minimum atomic E-state index is -4.75. The zero-order valence-electron chi connectivity index (χ0n) is 13.8. The number of nitrogens with zero attached hydrogens (tertiary/aromatic N) is 5. The molecule has 7 nitrogen and oxygen atoms in total. The van der Waals surface area contributed by atoms with Crippen molar-refractivity contribution in [3.8, 4) is 0 Å². The van der Waals surface area contributed by atoms with Crippen molar-refractivity contribution in [3.05, 3.63) is 16.4 Å². The van der Waals surface area contributed by atoms with E-state index < -0.39 is 36.4 Å². The van der Waals surface area contributed by atoms with Crippen molar-refractivity contribution < 1.29 is 31.5 Å². The highest BCUT2D eigenvalue weighted by atomic mass is 35.5. The maximum absolute atomic E-state index is 13.3. The maximum Gasteiger partial charge on any atom is 0.435 e. The minimum Gasteiger partial charge on any atom is -0.377 e. The largest absolute Gasteiger partial charge is 0.435 e. The Hall–Kier alpha value is -1.73. The molecule has 3 heterocycles. The fraction of sp³-hybridized carbons (Fsp3) is 0.615. The van der Waals surface area contributed by atoms with Crippen LogP contribution in [-0.2, 0) is 24.1 Å². The van der Waals surface area contributed by atoms with E-state index in [1.54, 1.807) is 0 Å². The molecule has 0 bridgehead atoms. The number of ether oxygens (including phenoxy) is 1. The summed E-state index contributed by atoms with van der Waals surface area (Å²) in [6.07, 6.45) is -4.75. The van der Waals surface area contributed by atoms with Crippen LogP contribution in [0.4, 0.5) is 26.7 Å². The van der Waals surface area contributed by atoms with E-state index in [9.17, 15) is 26.7 Å². The summed E-state index contributed by atoms with van der Waals surface area (Å²) in [6.45, 7) is -1.50. The molecule has 0 atom stereocenters. The van der Waals surface area contributed by atoms with Crippen molar-refractivity contribution in [2.24, 2.45) is 0 Å². The minimum absolute atomic E-state index is 0.000156. The summed E-state index contributed by atoms with van der Waals surface area (Å²) < 4.78 is 71.8. The summed E-state index contributed by atoms with van der Waals surface area (Å²) >= 11 is 5.76. The van der Waals surface area contributed by atoms with E-state index in [2.05, 4.69) is 10.1 Å². The Morgan fingerprint density at radius 3 is 2.48 bits per heavy atom. The van der Waals surface area contributed by atoms with Crippen LogP contribution >= 0.6 is 22.9 Å². The predicted octanol–water partition coefficient (Wildman–Crippen LogP) is 3.03. The van der Waals surface area contributed by atoms with Gasteiger partial charge < -0.3 is 14.5 Å². The van der Waals surface area contributed by atoms with Gasteiger partial charge >= 0.3 is 17.6 Å². The lowest BCUT2D eigenvalue weighted by Crippen LogP contribution is -2.37. The van der Waals surface area contributed by atoms with E-state index in [1.807, 2.05) is 0 Å².